The lowest BCUT2D eigenvalue weighted by molar-refractivity contribution is -0.671. The highest BCUT2D eigenvalue weighted by molar-refractivity contribution is 7.89. The number of aromatic nitrogens is 1. The number of halogens is 1. The Kier molecular flexibility index (Phi) is 9.59. The summed E-state index contributed by atoms with van der Waals surface area (Å²) in [5.74, 6) is -0.601. The Hall–Kier alpha value is -2.05. The predicted octanol–water partition coefficient (Wildman–Crippen LogP) is -1.63. The van der Waals surface area contributed by atoms with E-state index in [9.17, 15) is 18.0 Å². The monoisotopic (exact) mass is 572 g/mol. The number of carbonyl (C=O) groups excluding carboxylic acids is 2. The minimum Gasteiger partial charge on any atom is -1.00 e. The summed E-state index contributed by atoms with van der Waals surface area (Å²) in [6.45, 7) is 2.26. The molecule has 1 aliphatic carbocycles. The molecule has 1 fully saturated rings. The summed E-state index contributed by atoms with van der Waals surface area (Å²) in [4.78, 5) is 24.8. The number of hydrazine groups is 1. The second-order valence-electron chi connectivity index (χ2n) is 8.08. The Morgan fingerprint density at radius 2 is 1.69 bits per heavy atom. The van der Waals surface area contributed by atoms with Crippen molar-refractivity contribution in [1.29, 1.82) is 0 Å². The fraction of sp³-hybridized carbons (Fsp3) is 0.409. The van der Waals surface area contributed by atoms with Crippen molar-refractivity contribution in [1.82, 2.24) is 15.6 Å². The summed E-state index contributed by atoms with van der Waals surface area (Å²) in [5.41, 5.74) is 6.42. The molecule has 1 saturated carbocycles. The molecule has 0 aliphatic heterocycles. The lowest BCUT2D eigenvalue weighted by Crippen LogP contribution is -3.00. The first kappa shape index (κ1) is 26.2. The van der Waals surface area contributed by atoms with Crippen molar-refractivity contribution >= 4 is 21.8 Å². The van der Waals surface area contributed by atoms with Gasteiger partial charge in [0.15, 0.2) is 12.4 Å². The topological polar surface area (TPSA) is 108 Å². The molecule has 0 radical (unpaired) electrons. The smallest absolute Gasteiger partial charge is 0.275 e. The summed E-state index contributed by atoms with van der Waals surface area (Å²) in [5, 5.41) is 0. The van der Waals surface area contributed by atoms with E-state index in [1.54, 1.807) is 47.2 Å². The van der Waals surface area contributed by atoms with Crippen LogP contribution in [0.15, 0.2) is 53.7 Å². The van der Waals surface area contributed by atoms with Gasteiger partial charge in [-0.05, 0) is 56.7 Å². The Labute approximate surface area is 206 Å². The van der Waals surface area contributed by atoms with Gasteiger partial charge in [-0.15, -0.1) is 0 Å². The van der Waals surface area contributed by atoms with Gasteiger partial charge in [-0.3, -0.25) is 20.4 Å². The fourth-order valence-corrected chi connectivity index (χ4v) is 4.79. The van der Waals surface area contributed by atoms with Crippen LogP contribution in [0.25, 0.3) is 0 Å². The first-order valence-electron chi connectivity index (χ1n) is 10.4. The highest BCUT2D eigenvalue weighted by Gasteiger charge is 2.27. The molecule has 1 aliphatic rings. The van der Waals surface area contributed by atoms with Crippen LogP contribution < -0.4 is 44.1 Å². The van der Waals surface area contributed by atoms with Crippen molar-refractivity contribution in [2.45, 2.75) is 37.5 Å². The zero-order valence-corrected chi connectivity index (χ0v) is 21.1. The number of hydrogen-bond donors (Lipinski definition) is 3. The van der Waals surface area contributed by atoms with E-state index in [1.807, 2.05) is 20.2 Å². The zero-order valence-electron chi connectivity index (χ0n) is 18.2. The second-order valence-corrected chi connectivity index (χ2v) is 9.85. The van der Waals surface area contributed by atoms with Crippen molar-refractivity contribution in [2.75, 3.05) is 6.54 Å². The summed E-state index contributed by atoms with van der Waals surface area (Å²) >= 11 is 0. The number of pyridine rings is 1. The van der Waals surface area contributed by atoms with Gasteiger partial charge in [-0.1, -0.05) is 17.7 Å². The first-order chi connectivity index (χ1) is 14.7. The van der Waals surface area contributed by atoms with Crippen molar-refractivity contribution in [3.63, 3.8) is 0 Å². The molecule has 2 aromatic rings. The van der Waals surface area contributed by atoms with E-state index in [0.29, 0.717) is 24.9 Å². The maximum absolute atomic E-state index is 12.4. The van der Waals surface area contributed by atoms with E-state index in [-0.39, 0.29) is 52.5 Å². The minimum absolute atomic E-state index is 0. The van der Waals surface area contributed by atoms with Crippen LogP contribution in [-0.2, 0) is 21.9 Å². The number of nitrogens with one attached hydrogen (secondary N) is 3. The molecule has 1 heterocycles. The van der Waals surface area contributed by atoms with Gasteiger partial charge < -0.3 is 24.0 Å². The Balaban J connectivity index is 0.00000363. The molecule has 174 valence electrons. The zero-order chi connectivity index (χ0) is 22.4. The largest absolute Gasteiger partial charge is 1.00 e. The lowest BCUT2D eigenvalue weighted by atomic mass is 9.82. The Morgan fingerprint density at radius 3 is 2.31 bits per heavy atom. The van der Waals surface area contributed by atoms with Crippen LogP contribution >= 0.6 is 0 Å². The Morgan fingerprint density at radius 1 is 1.03 bits per heavy atom. The van der Waals surface area contributed by atoms with E-state index in [1.165, 1.54) is 0 Å². The van der Waals surface area contributed by atoms with Crippen LogP contribution in [0.1, 0.15) is 41.6 Å². The van der Waals surface area contributed by atoms with Crippen LogP contribution in [0.2, 0.25) is 0 Å². The number of aryl methyl sites for hydroxylation is 2. The molecule has 0 spiro atoms. The van der Waals surface area contributed by atoms with E-state index >= 15 is 0 Å². The predicted molar refractivity (Wildman–Crippen MR) is 115 cm³/mol. The van der Waals surface area contributed by atoms with Crippen LogP contribution in [0.5, 0.6) is 0 Å². The number of carbonyl (C=O) groups is 2. The molecule has 1 aromatic heterocycles. The maximum Gasteiger partial charge on any atom is 0.275 e. The van der Waals surface area contributed by atoms with Crippen LogP contribution in [0.4, 0.5) is 0 Å². The summed E-state index contributed by atoms with van der Waals surface area (Å²) in [7, 11) is -1.72. The summed E-state index contributed by atoms with van der Waals surface area (Å²) in [6, 6.07) is 10.2. The van der Waals surface area contributed by atoms with E-state index in [0.717, 1.165) is 18.4 Å². The third-order valence-corrected chi connectivity index (χ3v) is 7.05. The molecule has 0 unspecified atom stereocenters. The summed E-state index contributed by atoms with van der Waals surface area (Å²) in [6.07, 6.45) is 6.28. The number of hydrogen-bond acceptors (Lipinski definition) is 4. The number of sulfonamides is 1. The number of benzene rings is 1. The standard InChI is InChI=1S/C22H28N4O4S.HI/c1-16-5-11-20(12-6-16)31(29,30)23-14-17-7-9-18(10-8-17)21(27)24-25-22(28)19-4-3-13-26(2)15-19;/h3-6,11-13,15,17-18,23H,7-10,14H2,1-2H3,(H-,24,25,27,28);1H. The van der Waals surface area contributed by atoms with Crippen LogP contribution in [0.3, 0.4) is 0 Å². The Bertz CT molecular complexity index is 1040. The van der Waals surface area contributed by atoms with Gasteiger partial charge in [-0.2, -0.15) is 0 Å². The van der Waals surface area contributed by atoms with Crippen LogP contribution in [-0.4, -0.2) is 26.8 Å². The maximum atomic E-state index is 12.4. The molecule has 3 N–H and O–H groups in total. The molecule has 8 nitrogen and oxygen atoms in total. The molecule has 0 bridgehead atoms. The van der Waals surface area contributed by atoms with Crippen molar-refractivity contribution in [2.24, 2.45) is 18.9 Å². The highest BCUT2D eigenvalue weighted by Crippen LogP contribution is 2.28. The molecule has 0 atom stereocenters. The molecular formula is C22H29IN4O4S. The molecule has 3 rings (SSSR count). The average Bonchev–Trinajstić information content (AvgIpc) is 2.76. The van der Waals surface area contributed by atoms with Gasteiger partial charge in [0.05, 0.1) is 4.90 Å². The van der Waals surface area contributed by atoms with Crippen molar-refractivity contribution in [3.8, 4) is 0 Å². The molecule has 1 aromatic carbocycles. The number of nitrogens with zero attached hydrogens (tertiary/aromatic N) is 1. The molecular weight excluding hydrogens is 543 g/mol. The van der Waals surface area contributed by atoms with E-state index in [4.69, 9.17) is 0 Å². The normalized spacial score (nSPS) is 18.3. The van der Waals surface area contributed by atoms with E-state index in [2.05, 4.69) is 15.6 Å². The van der Waals surface area contributed by atoms with Gasteiger partial charge in [0, 0.05) is 18.5 Å². The summed E-state index contributed by atoms with van der Waals surface area (Å²) < 4.78 is 29.3. The van der Waals surface area contributed by atoms with Crippen molar-refractivity contribution < 1.29 is 46.6 Å². The number of rotatable bonds is 6. The average molecular weight is 572 g/mol. The van der Waals surface area contributed by atoms with Gasteiger partial charge >= 0.3 is 0 Å². The van der Waals surface area contributed by atoms with Gasteiger partial charge in [0.25, 0.3) is 5.91 Å². The third-order valence-electron chi connectivity index (χ3n) is 5.61. The highest BCUT2D eigenvalue weighted by atomic mass is 127. The SMILES string of the molecule is Cc1ccc(S(=O)(=O)NCC2CCC(C(=O)NNC(=O)c3ccc[n+](C)c3)CC2)cc1.[I-]. The minimum atomic E-state index is -3.53. The lowest BCUT2D eigenvalue weighted by Gasteiger charge is -2.27. The van der Waals surface area contributed by atoms with E-state index < -0.39 is 10.0 Å². The van der Waals surface area contributed by atoms with Gasteiger partial charge in [-0.25, -0.2) is 17.7 Å². The molecule has 2 amide bonds. The fourth-order valence-electron chi connectivity index (χ4n) is 3.67. The quantitative estimate of drug-likeness (QED) is 0.220. The second kappa shape index (κ2) is 11.7. The molecule has 32 heavy (non-hydrogen) atoms. The van der Waals surface area contributed by atoms with Gasteiger partial charge in [0.2, 0.25) is 15.9 Å². The number of amides is 2. The first-order valence-corrected chi connectivity index (χ1v) is 11.8. The van der Waals surface area contributed by atoms with Crippen LogP contribution in [0, 0.1) is 18.8 Å². The molecule has 0 saturated heterocycles. The van der Waals surface area contributed by atoms with Gasteiger partial charge in [0.1, 0.15) is 12.6 Å². The van der Waals surface area contributed by atoms with Crippen molar-refractivity contribution in [3.05, 3.63) is 59.9 Å². The molecule has 10 heteroatoms. The third kappa shape index (κ3) is 7.24.